The molecule has 0 saturated heterocycles. The molecular formula is C16H15BrO2. The quantitative estimate of drug-likeness (QED) is 0.842. The van der Waals surface area contributed by atoms with E-state index in [2.05, 4.69) is 40.2 Å². The van der Waals surface area contributed by atoms with Crippen molar-refractivity contribution in [1.29, 1.82) is 0 Å². The molecule has 98 valence electrons. The second kappa shape index (κ2) is 5.25. The molecule has 0 spiro atoms. The van der Waals surface area contributed by atoms with E-state index in [0.29, 0.717) is 5.92 Å². The Kier molecular flexibility index (Phi) is 3.47. The van der Waals surface area contributed by atoms with Crippen molar-refractivity contribution in [3.05, 3.63) is 58.1 Å². The lowest BCUT2D eigenvalue weighted by Crippen LogP contribution is -2.23. The summed E-state index contributed by atoms with van der Waals surface area (Å²) in [5.74, 6) is 2.21. The highest BCUT2D eigenvalue weighted by atomic mass is 79.9. The van der Waals surface area contributed by atoms with Crippen molar-refractivity contribution in [3.63, 3.8) is 0 Å². The van der Waals surface area contributed by atoms with Crippen LogP contribution in [0.3, 0.4) is 0 Å². The molecule has 0 N–H and O–H groups in total. The van der Waals surface area contributed by atoms with Gasteiger partial charge in [0.25, 0.3) is 0 Å². The minimum absolute atomic E-state index is 0.519. The molecule has 0 amide bonds. The third-order valence-electron chi connectivity index (χ3n) is 3.54. The summed E-state index contributed by atoms with van der Waals surface area (Å²) in [5.41, 5.74) is 2.87. The number of fused-ring (bicyclic) bond motifs is 1. The second-order valence-corrected chi connectivity index (χ2v) is 5.56. The van der Waals surface area contributed by atoms with Gasteiger partial charge in [-0.15, -0.1) is 0 Å². The molecule has 3 rings (SSSR count). The Morgan fingerprint density at radius 1 is 1.21 bits per heavy atom. The highest BCUT2D eigenvalue weighted by Gasteiger charge is 2.25. The molecule has 0 fully saturated rings. The summed E-state index contributed by atoms with van der Waals surface area (Å²) in [6.45, 7) is 0.724. The average molecular weight is 319 g/mol. The molecule has 3 heteroatoms. The van der Waals surface area contributed by atoms with Crippen molar-refractivity contribution in [3.8, 4) is 11.5 Å². The molecule has 1 aliphatic rings. The molecule has 1 atom stereocenters. The van der Waals surface area contributed by atoms with Crippen LogP contribution in [0.15, 0.2) is 46.9 Å². The number of rotatable bonds is 4. The van der Waals surface area contributed by atoms with E-state index in [1.165, 1.54) is 11.1 Å². The van der Waals surface area contributed by atoms with Crippen LogP contribution < -0.4 is 9.47 Å². The van der Waals surface area contributed by atoms with Crippen LogP contribution >= 0.6 is 15.9 Å². The van der Waals surface area contributed by atoms with E-state index >= 15 is 0 Å². The summed E-state index contributed by atoms with van der Waals surface area (Å²) in [6, 6.07) is 14.3. The van der Waals surface area contributed by atoms with E-state index in [1.807, 2.05) is 18.2 Å². The van der Waals surface area contributed by atoms with Crippen molar-refractivity contribution in [2.24, 2.45) is 0 Å². The molecule has 2 nitrogen and oxygen atoms in total. The molecule has 1 unspecified atom stereocenters. The lowest BCUT2D eigenvalue weighted by Gasteiger charge is -2.30. The lowest BCUT2D eigenvalue weighted by atomic mass is 9.78. The molecule has 0 bridgehead atoms. The van der Waals surface area contributed by atoms with E-state index in [1.54, 1.807) is 7.11 Å². The molecule has 2 aromatic carbocycles. The van der Waals surface area contributed by atoms with Crippen LogP contribution in [0.4, 0.5) is 0 Å². The summed E-state index contributed by atoms with van der Waals surface area (Å²) in [5, 5.41) is 0. The fourth-order valence-electron chi connectivity index (χ4n) is 2.43. The number of hydrogen-bond acceptors (Lipinski definition) is 2. The number of halogens is 1. The third kappa shape index (κ3) is 2.47. The average Bonchev–Trinajstić information content (AvgIpc) is 2.41. The van der Waals surface area contributed by atoms with Gasteiger partial charge in [-0.05, 0) is 51.7 Å². The van der Waals surface area contributed by atoms with E-state index in [4.69, 9.17) is 9.47 Å². The first kappa shape index (κ1) is 12.5. The normalized spacial score (nSPS) is 16.4. The first-order valence-corrected chi connectivity index (χ1v) is 7.11. The van der Waals surface area contributed by atoms with Crippen molar-refractivity contribution in [2.45, 2.75) is 12.3 Å². The van der Waals surface area contributed by atoms with Gasteiger partial charge in [0.05, 0.1) is 18.2 Å². The molecule has 2 aromatic rings. The van der Waals surface area contributed by atoms with Gasteiger partial charge in [-0.2, -0.15) is 0 Å². The minimum Gasteiger partial charge on any atom is -0.497 e. The van der Waals surface area contributed by atoms with Crippen LogP contribution in [0, 0.1) is 0 Å². The number of ether oxygens (including phenoxy) is 2. The van der Waals surface area contributed by atoms with Crippen molar-refractivity contribution >= 4 is 15.9 Å². The van der Waals surface area contributed by atoms with Gasteiger partial charge < -0.3 is 9.47 Å². The maximum absolute atomic E-state index is 5.89. The largest absolute Gasteiger partial charge is 0.497 e. The van der Waals surface area contributed by atoms with Gasteiger partial charge >= 0.3 is 0 Å². The smallest absolute Gasteiger partial charge is 0.133 e. The molecule has 0 saturated carbocycles. The summed E-state index contributed by atoms with van der Waals surface area (Å²) < 4.78 is 12.0. The van der Waals surface area contributed by atoms with Crippen LogP contribution in [0.1, 0.15) is 17.0 Å². The Hall–Kier alpha value is -1.48. The van der Waals surface area contributed by atoms with Crippen LogP contribution in [0.2, 0.25) is 0 Å². The van der Waals surface area contributed by atoms with Crippen molar-refractivity contribution in [1.82, 2.24) is 0 Å². The maximum atomic E-state index is 5.89. The molecular weight excluding hydrogens is 304 g/mol. The lowest BCUT2D eigenvalue weighted by molar-refractivity contribution is 0.273. The zero-order chi connectivity index (χ0) is 13.2. The molecule has 0 aliphatic heterocycles. The summed E-state index contributed by atoms with van der Waals surface area (Å²) in [4.78, 5) is 0. The highest BCUT2D eigenvalue weighted by molar-refractivity contribution is 9.10. The molecule has 19 heavy (non-hydrogen) atoms. The van der Waals surface area contributed by atoms with Crippen LogP contribution in [0.25, 0.3) is 0 Å². The van der Waals surface area contributed by atoms with Crippen LogP contribution in [0.5, 0.6) is 11.5 Å². The van der Waals surface area contributed by atoms with E-state index < -0.39 is 0 Å². The maximum Gasteiger partial charge on any atom is 0.133 e. The predicted molar refractivity (Wildman–Crippen MR) is 79.1 cm³/mol. The highest BCUT2D eigenvalue weighted by Crippen LogP contribution is 2.36. The third-order valence-corrected chi connectivity index (χ3v) is 4.16. The van der Waals surface area contributed by atoms with Crippen LogP contribution in [-0.2, 0) is 6.42 Å². The molecule has 0 aromatic heterocycles. The van der Waals surface area contributed by atoms with Crippen molar-refractivity contribution < 1.29 is 9.47 Å². The zero-order valence-corrected chi connectivity index (χ0v) is 12.3. The van der Waals surface area contributed by atoms with E-state index in [-0.39, 0.29) is 0 Å². The van der Waals surface area contributed by atoms with Crippen molar-refractivity contribution in [2.75, 3.05) is 13.7 Å². The monoisotopic (exact) mass is 318 g/mol. The Labute approximate surface area is 121 Å². The number of methoxy groups -OCH3 is 1. The van der Waals surface area contributed by atoms with E-state index in [9.17, 15) is 0 Å². The van der Waals surface area contributed by atoms with Gasteiger partial charge in [-0.3, -0.25) is 0 Å². The van der Waals surface area contributed by atoms with Gasteiger partial charge in [-0.25, -0.2) is 0 Å². The Bertz CT molecular complexity index is 595. The Morgan fingerprint density at radius 3 is 2.79 bits per heavy atom. The molecule has 0 heterocycles. The fourth-order valence-corrected chi connectivity index (χ4v) is 2.90. The summed E-state index contributed by atoms with van der Waals surface area (Å²) in [7, 11) is 1.66. The standard InChI is InChI=1S/C16H15BrO2/c1-18-13-6-7-16(15(17)9-13)19-10-12-8-11-4-2-3-5-14(11)12/h2-7,9,12H,8,10H2,1H3. The summed E-state index contributed by atoms with van der Waals surface area (Å²) >= 11 is 3.50. The van der Waals surface area contributed by atoms with Gasteiger partial charge in [0.1, 0.15) is 11.5 Å². The topological polar surface area (TPSA) is 18.5 Å². The first-order valence-electron chi connectivity index (χ1n) is 6.32. The van der Waals surface area contributed by atoms with Gasteiger partial charge in [0.2, 0.25) is 0 Å². The van der Waals surface area contributed by atoms with E-state index in [0.717, 1.165) is 29.0 Å². The van der Waals surface area contributed by atoms with Gasteiger partial charge in [-0.1, -0.05) is 24.3 Å². The number of benzene rings is 2. The first-order chi connectivity index (χ1) is 9.28. The van der Waals surface area contributed by atoms with Gasteiger partial charge in [0.15, 0.2) is 0 Å². The zero-order valence-electron chi connectivity index (χ0n) is 10.7. The Balaban J connectivity index is 1.65. The number of hydrogen-bond donors (Lipinski definition) is 0. The summed E-state index contributed by atoms with van der Waals surface area (Å²) in [6.07, 6.45) is 1.12. The van der Waals surface area contributed by atoms with Crippen LogP contribution in [-0.4, -0.2) is 13.7 Å². The molecule has 0 radical (unpaired) electrons. The SMILES string of the molecule is COc1ccc(OCC2Cc3ccccc32)c(Br)c1. The second-order valence-electron chi connectivity index (χ2n) is 4.71. The Morgan fingerprint density at radius 2 is 2.05 bits per heavy atom. The molecule has 1 aliphatic carbocycles. The fraction of sp³-hybridized carbons (Fsp3) is 0.250. The minimum atomic E-state index is 0.519. The van der Waals surface area contributed by atoms with Gasteiger partial charge in [0, 0.05) is 5.92 Å². The predicted octanol–water partition coefficient (Wildman–Crippen LogP) is 4.18.